The van der Waals surface area contributed by atoms with Crippen molar-refractivity contribution >= 4 is 11.4 Å². The van der Waals surface area contributed by atoms with Crippen LogP contribution in [0.3, 0.4) is 0 Å². The molecule has 0 amide bonds. The first kappa shape index (κ1) is 12.9. The standard InChI is InChI=1S/C17H20N2O/c1-19(16-9-5-6-10-17(16)20-2)12-14-11-13-7-3-4-8-15(13)18-14/h3-10,14,18H,11-12H2,1-2H3. The highest BCUT2D eigenvalue weighted by molar-refractivity contribution is 5.60. The maximum absolute atomic E-state index is 5.43. The van der Waals surface area contributed by atoms with Crippen molar-refractivity contribution in [1.82, 2.24) is 0 Å². The average Bonchev–Trinajstić information content (AvgIpc) is 2.89. The van der Waals surface area contributed by atoms with Gasteiger partial charge in [-0.3, -0.25) is 0 Å². The summed E-state index contributed by atoms with van der Waals surface area (Å²) in [5.74, 6) is 0.922. The summed E-state index contributed by atoms with van der Waals surface area (Å²) >= 11 is 0. The third-order valence-corrected chi connectivity index (χ3v) is 3.83. The molecule has 1 N–H and O–H groups in total. The molecule has 1 aliphatic rings. The van der Waals surface area contributed by atoms with Gasteiger partial charge in [-0.1, -0.05) is 30.3 Å². The first-order valence-electron chi connectivity index (χ1n) is 6.96. The first-order chi connectivity index (χ1) is 9.78. The molecule has 3 heteroatoms. The number of rotatable bonds is 4. The second-order valence-corrected chi connectivity index (χ2v) is 5.25. The lowest BCUT2D eigenvalue weighted by molar-refractivity contribution is 0.414. The van der Waals surface area contributed by atoms with E-state index in [1.54, 1.807) is 7.11 Å². The van der Waals surface area contributed by atoms with Crippen LogP contribution in [-0.2, 0) is 6.42 Å². The minimum Gasteiger partial charge on any atom is -0.495 e. The number of methoxy groups -OCH3 is 1. The Balaban J connectivity index is 1.70. The van der Waals surface area contributed by atoms with E-state index in [2.05, 4.69) is 47.6 Å². The fourth-order valence-electron chi connectivity index (χ4n) is 2.86. The first-order valence-corrected chi connectivity index (χ1v) is 6.96. The molecule has 1 atom stereocenters. The van der Waals surface area contributed by atoms with Crippen LogP contribution in [0.1, 0.15) is 5.56 Å². The highest BCUT2D eigenvalue weighted by Crippen LogP contribution is 2.29. The van der Waals surface area contributed by atoms with Gasteiger partial charge in [-0.05, 0) is 30.2 Å². The summed E-state index contributed by atoms with van der Waals surface area (Å²) in [4.78, 5) is 2.25. The van der Waals surface area contributed by atoms with Gasteiger partial charge in [0.1, 0.15) is 5.75 Å². The van der Waals surface area contributed by atoms with Crippen molar-refractivity contribution in [1.29, 1.82) is 0 Å². The molecular formula is C17H20N2O. The lowest BCUT2D eigenvalue weighted by atomic mass is 10.1. The fourth-order valence-corrected chi connectivity index (χ4v) is 2.86. The highest BCUT2D eigenvalue weighted by atomic mass is 16.5. The second kappa shape index (κ2) is 5.45. The van der Waals surface area contributed by atoms with Crippen molar-refractivity contribution in [2.75, 3.05) is 30.9 Å². The van der Waals surface area contributed by atoms with E-state index in [1.807, 2.05) is 18.2 Å². The number of nitrogens with one attached hydrogen (secondary N) is 1. The molecule has 1 unspecified atom stereocenters. The predicted octanol–water partition coefficient (Wildman–Crippen LogP) is 3.17. The Morgan fingerprint density at radius 1 is 1.15 bits per heavy atom. The molecule has 1 aliphatic heterocycles. The Bertz CT molecular complexity index is 572. The summed E-state index contributed by atoms with van der Waals surface area (Å²) in [7, 11) is 3.83. The second-order valence-electron chi connectivity index (χ2n) is 5.25. The summed E-state index contributed by atoms with van der Waals surface area (Å²) in [6.07, 6.45) is 1.08. The Hall–Kier alpha value is -2.16. The molecule has 2 aromatic rings. The zero-order chi connectivity index (χ0) is 13.9. The van der Waals surface area contributed by atoms with Gasteiger partial charge in [-0.15, -0.1) is 0 Å². The zero-order valence-corrected chi connectivity index (χ0v) is 12.0. The van der Waals surface area contributed by atoms with E-state index >= 15 is 0 Å². The molecule has 3 rings (SSSR count). The number of benzene rings is 2. The van der Waals surface area contributed by atoms with Crippen LogP contribution >= 0.6 is 0 Å². The maximum atomic E-state index is 5.43. The van der Waals surface area contributed by atoms with Gasteiger partial charge in [0, 0.05) is 25.3 Å². The van der Waals surface area contributed by atoms with E-state index in [9.17, 15) is 0 Å². The number of hydrogen-bond donors (Lipinski definition) is 1. The van der Waals surface area contributed by atoms with E-state index in [0.717, 1.165) is 24.4 Å². The normalized spacial score (nSPS) is 16.4. The number of para-hydroxylation sites is 3. The van der Waals surface area contributed by atoms with Gasteiger partial charge in [0.05, 0.1) is 12.8 Å². The molecular weight excluding hydrogens is 248 g/mol. The molecule has 0 aromatic heterocycles. The fraction of sp³-hybridized carbons (Fsp3) is 0.294. The zero-order valence-electron chi connectivity index (χ0n) is 12.0. The largest absolute Gasteiger partial charge is 0.495 e. The maximum Gasteiger partial charge on any atom is 0.142 e. The molecule has 2 aromatic carbocycles. The smallest absolute Gasteiger partial charge is 0.142 e. The van der Waals surface area contributed by atoms with Crippen molar-refractivity contribution in [3.63, 3.8) is 0 Å². The van der Waals surface area contributed by atoms with E-state index in [-0.39, 0.29) is 0 Å². The lowest BCUT2D eigenvalue weighted by Crippen LogP contribution is -2.33. The lowest BCUT2D eigenvalue weighted by Gasteiger charge is -2.25. The van der Waals surface area contributed by atoms with Crippen molar-refractivity contribution in [2.24, 2.45) is 0 Å². The number of ether oxygens (including phenoxy) is 1. The number of nitrogens with zero attached hydrogens (tertiary/aromatic N) is 1. The Labute approximate surface area is 120 Å². The Morgan fingerprint density at radius 2 is 1.90 bits per heavy atom. The van der Waals surface area contributed by atoms with E-state index in [0.29, 0.717) is 6.04 Å². The number of anilines is 2. The topological polar surface area (TPSA) is 24.5 Å². The number of likely N-dealkylation sites (N-methyl/N-ethyl adjacent to an activating group) is 1. The van der Waals surface area contributed by atoms with E-state index in [1.165, 1.54) is 11.3 Å². The molecule has 0 saturated carbocycles. The minimum atomic E-state index is 0.447. The molecule has 0 aliphatic carbocycles. The van der Waals surface area contributed by atoms with Gasteiger partial charge >= 0.3 is 0 Å². The molecule has 1 heterocycles. The van der Waals surface area contributed by atoms with Gasteiger partial charge in [0.15, 0.2) is 0 Å². The molecule has 0 fully saturated rings. The van der Waals surface area contributed by atoms with Crippen molar-refractivity contribution in [3.8, 4) is 5.75 Å². The van der Waals surface area contributed by atoms with Crippen LogP contribution in [0.2, 0.25) is 0 Å². The van der Waals surface area contributed by atoms with Crippen LogP contribution in [0.15, 0.2) is 48.5 Å². The Kier molecular flexibility index (Phi) is 3.50. The third-order valence-electron chi connectivity index (χ3n) is 3.83. The van der Waals surface area contributed by atoms with Crippen LogP contribution < -0.4 is 15.0 Å². The molecule has 104 valence electrons. The number of fused-ring (bicyclic) bond motifs is 1. The monoisotopic (exact) mass is 268 g/mol. The summed E-state index contributed by atoms with van der Waals surface area (Å²) in [5.41, 5.74) is 3.81. The van der Waals surface area contributed by atoms with Crippen LogP contribution in [0.25, 0.3) is 0 Å². The molecule has 0 bridgehead atoms. The summed E-state index contributed by atoms with van der Waals surface area (Å²) < 4.78 is 5.43. The minimum absolute atomic E-state index is 0.447. The van der Waals surface area contributed by atoms with Gasteiger partial charge in [-0.2, -0.15) is 0 Å². The summed E-state index contributed by atoms with van der Waals surface area (Å²) in [6.45, 7) is 0.953. The molecule has 0 spiro atoms. The van der Waals surface area contributed by atoms with Crippen LogP contribution in [0.5, 0.6) is 5.75 Å². The number of hydrogen-bond acceptors (Lipinski definition) is 3. The van der Waals surface area contributed by atoms with Crippen LogP contribution in [0.4, 0.5) is 11.4 Å². The SMILES string of the molecule is COc1ccccc1N(C)CC1Cc2ccccc2N1. The molecule has 20 heavy (non-hydrogen) atoms. The van der Waals surface area contributed by atoms with Crippen LogP contribution in [0, 0.1) is 0 Å². The highest BCUT2D eigenvalue weighted by Gasteiger charge is 2.21. The van der Waals surface area contributed by atoms with Gasteiger partial charge < -0.3 is 15.0 Å². The van der Waals surface area contributed by atoms with Gasteiger partial charge in [0.25, 0.3) is 0 Å². The predicted molar refractivity (Wildman–Crippen MR) is 83.8 cm³/mol. The summed E-state index contributed by atoms with van der Waals surface area (Å²) in [6, 6.07) is 17.1. The summed E-state index contributed by atoms with van der Waals surface area (Å²) in [5, 5.41) is 3.59. The quantitative estimate of drug-likeness (QED) is 0.921. The van der Waals surface area contributed by atoms with Crippen molar-refractivity contribution < 1.29 is 4.74 Å². The molecule has 0 saturated heterocycles. The van der Waals surface area contributed by atoms with Gasteiger partial charge in [0.2, 0.25) is 0 Å². The third kappa shape index (κ3) is 2.44. The van der Waals surface area contributed by atoms with Gasteiger partial charge in [-0.25, -0.2) is 0 Å². The van der Waals surface area contributed by atoms with E-state index in [4.69, 9.17) is 4.74 Å². The molecule has 3 nitrogen and oxygen atoms in total. The molecule has 0 radical (unpaired) electrons. The average molecular weight is 268 g/mol. The Morgan fingerprint density at radius 3 is 2.70 bits per heavy atom. The van der Waals surface area contributed by atoms with Crippen LogP contribution in [-0.4, -0.2) is 26.7 Å². The van der Waals surface area contributed by atoms with Crippen molar-refractivity contribution in [3.05, 3.63) is 54.1 Å². The van der Waals surface area contributed by atoms with E-state index < -0.39 is 0 Å². The van der Waals surface area contributed by atoms with Crippen molar-refractivity contribution in [2.45, 2.75) is 12.5 Å².